The molecule has 0 spiro atoms. The first-order valence-corrected chi connectivity index (χ1v) is 9.85. The van der Waals surface area contributed by atoms with Crippen LogP contribution >= 0.6 is 11.6 Å². The van der Waals surface area contributed by atoms with Gasteiger partial charge < -0.3 is 16.0 Å². The van der Waals surface area contributed by atoms with E-state index in [0.29, 0.717) is 33.4 Å². The van der Waals surface area contributed by atoms with Crippen LogP contribution in [0.1, 0.15) is 17.3 Å². The lowest BCUT2D eigenvalue weighted by Gasteiger charge is -2.15. The van der Waals surface area contributed by atoms with Crippen LogP contribution in [0.3, 0.4) is 0 Å². The summed E-state index contributed by atoms with van der Waals surface area (Å²) in [5.74, 6) is 0.856. The number of nitrogens with two attached hydrogens (primary N) is 1. The molecule has 0 bridgehead atoms. The van der Waals surface area contributed by atoms with Gasteiger partial charge in [0.1, 0.15) is 5.82 Å². The lowest BCUT2D eigenvalue weighted by Crippen LogP contribution is -2.23. The summed E-state index contributed by atoms with van der Waals surface area (Å²) in [7, 11) is 0. The minimum absolute atomic E-state index is 0.153. The smallest absolute Gasteiger partial charge is 0.352 e. The fraction of sp³-hybridized carbons (Fsp3) is 0.143. The summed E-state index contributed by atoms with van der Waals surface area (Å²) >= 11 is 6.38. The highest BCUT2D eigenvalue weighted by atomic mass is 35.5. The van der Waals surface area contributed by atoms with E-state index < -0.39 is 17.8 Å². The minimum Gasteiger partial charge on any atom is -0.352 e. The predicted molar refractivity (Wildman–Crippen MR) is 115 cm³/mol. The van der Waals surface area contributed by atoms with Gasteiger partial charge in [-0.05, 0) is 18.2 Å². The number of H-pyrrole nitrogens is 1. The van der Waals surface area contributed by atoms with Gasteiger partial charge in [0, 0.05) is 41.9 Å². The Labute approximate surface area is 185 Å². The Morgan fingerprint density at radius 3 is 2.50 bits per heavy atom. The molecule has 3 heterocycles. The average Bonchev–Trinajstić information content (AvgIpc) is 3.32. The van der Waals surface area contributed by atoms with Crippen LogP contribution in [0.25, 0.3) is 22.6 Å². The number of nitrogens with zero attached hydrogens (tertiary/aromatic N) is 4. The van der Waals surface area contributed by atoms with Gasteiger partial charge >= 0.3 is 6.18 Å². The molecule has 0 aliphatic heterocycles. The molecule has 164 valence electrons. The molecule has 3 aromatic heterocycles. The van der Waals surface area contributed by atoms with Crippen LogP contribution in [-0.2, 0) is 6.18 Å². The lowest BCUT2D eigenvalue weighted by molar-refractivity contribution is -0.137. The SMILES string of the molecule is NC(CNc1ncc(-c2ncc[nH]2)c(-c2ccccc2Cl)n1)c1ccc(C(F)(F)F)cn1. The molecular weight excluding hydrogens is 443 g/mol. The monoisotopic (exact) mass is 459 g/mol. The van der Waals surface area contributed by atoms with Crippen molar-refractivity contribution in [3.8, 4) is 22.6 Å². The minimum atomic E-state index is -4.45. The molecule has 1 unspecified atom stereocenters. The van der Waals surface area contributed by atoms with Gasteiger partial charge in [-0.2, -0.15) is 13.2 Å². The van der Waals surface area contributed by atoms with Gasteiger partial charge in [0.05, 0.1) is 28.6 Å². The van der Waals surface area contributed by atoms with Gasteiger partial charge in [-0.15, -0.1) is 0 Å². The normalized spacial score (nSPS) is 12.5. The average molecular weight is 460 g/mol. The van der Waals surface area contributed by atoms with E-state index in [1.54, 1.807) is 24.7 Å². The molecule has 11 heteroatoms. The molecule has 4 N–H and O–H groups in total. The number of imidazole rings is 1. The van der Waals surface area contributed by atoms with Crippen LogP contribution in [0, 0.1) is 0 Å². The number of aromatic amines is 1. The van der Waals surface area contributed by atoms with Crippen LogP contribution in [0.4, 0.5) is 19.1 Å². The van der Waals surface area contributed by atoms with Crippen LogP contribution in [0.5, 0.6) is 0 Å². The predicted octanol–water partition coefficient (Wildman–Crippen LogP) is 4.71. The number of hydrogen-bond donors (Lipinski definition) is 3. The van der Waals surface area contributed by atoms with Gasteiger partial charge in [0.15, 0.2) is 0 Å². The number of anilines is 1. The van der Waals surface area contributed by atoms with Gasteiger partial charge in [-0.3, -0.25) is 4.98 Å². The number of alkyl halides is 3. The van der Waals surface area contributed by atoms with E-state index in [0.717, 1.165) is 12.3 Å². The maximum Gasteiger partial charge on any atom is 0.417 e. The van der Waals surface area contributed by atoms with Crippen molar-refractivity contribution in [3.63, 3.8) is 0 Å². The van der Waals surface area contributed by atoms with Gasteiger partial charge in [0.25, 0.3) is 0 Å². The number of nitrogens with one attached hydrogen (secondary N) is 2. The first-order chi connectivity index (χ1) is 15.3. The van der Waals surface area contributed by atoms with Crippen molar-refractivity contribution in [2.45, 2.75) is 12.2 Å². The lowest BCUT2D eigenvalue weighted by atomic mass is 10.1. The number of aromatic nitrogens is 5. The van der Waals surface area contributed by atoms with E-state index in [9.17, 15) is 13.2 Å². The van der Waals surface area contributed by atoms with E-state index in [1.807, 2.05) is 18.2 Å². The first kappa shape index (κ1) is 21.7. The van der Waals surface area contributed by atoms with Crippen molar-refractivity contribution >= 4 is 17.5 Å². The zero-order chi connectivity index (χ0) is 22.7. The molecule has 32 heavy (non-hydrogen) atoms. The Bertz CT molecular complexity index is 1200. The zero-order valence-corrected chi connectivity index (χ0v) is 17.2. The summed E-state index contributed by atoms with van der Waals surface area (Å²) < 4.78 is 38.1. The summed E-state index contributed by atoms with van der Waals surface area (Å²) in [5.41, 5.74) is 7.47. The number of hydrogen-bond acceptors (Lipinski definition) is 6. The Balaban J connectivity index is 1.57. The van der Waals surface area contributed by atoms with Crippen molar-refractivity contribution in [1.82, 2.24) is 24.9 Å². The van der Waals surface area contributed by atoms with E-state index in [4.69, 9.17) is 17.3 Å². The largest absolute Gasteiger partial charge is 0.417 e. The van der Waals surface area contributed by atoms with Gasteiger partial charge in [-0.25, -0.2) is 15.0 Å². The van der Waals surface area contributed by atoms with Crippen molar-refractivity contribution in [2.24, 2.45) is 5.73 Å². The third-order valence-electron chi connectivity index (χ3n) is 4.64. The topological polar surface area (TPSA) is 105 Å². The first-order valence-electron chi connectivity index (χ1n) is 9.47. The van der Waals surface area contributed by atoms with Gasteiger partial charge in [-0.1, -0.05) is 29.8 Å². The van der Waals surface area contributed by atoms with E-state index in [1.165, 1.54) is 6.07 Å². The molecule has 1 atom stereocenters. The molecule has 4 rings (SSSR count). The van der Waals surface area contributed by atoms with Crippen molar-refractivity contribution in [2.75, 3.05) is 11.9 Å². The summed E-state index contributed by atoms with van der Waals surface area (Å²) in [6.45, 7) is 0.153. The highest BCUT2D eigenvalue weighted by Gasteiger charge is 2.30. The van der Waals surface area contributed by atoms with Crippen molar-refractivity contribution in [1.29, 1.82) is 0 Å². The Kier molecular flexibility index (Phi) is 6.06. The Hall–Kier alpha value is -3.50. The maximum atomic E-state index is 12.7. The summed E-state index contributed by atoms with van der Waals surface area (Å²) in [4.78, 5) is 20.0. The fourth-order valence-corrected chi connectivity index (χ4v) is 3.23. The van der Waals surface area contributed by atoms with E-state index >= 15 is 0 Å². The molecule has 0 aliphatic carbocycles. The number of pyridine rings is 1. The molecular formula is C21H17ClF3N7. The van der Waals surface area contributed by atoms with Crippen LogP contribution in [0.15, 0.2) is 61.2 Å². The second kappa shape index (κ2) is 8.93. The van der Waals surface area contributed by atoms with Crippen LogP contribution in [0.2, 0.25) is 5.02 Å². The number of halogens is 4. The molecule has 0 amide bonds. The zero-order valence-electron chi connectivity index (χ0n) is 16.4. The Morgan fingerprint density at radius 1 is 1.03 bits per heavy atom. The molecule has 7 nitrogen and oxygen atoms in total. The third-order valence-corrected chi connectivity index (χ3v) is 4.97. The molecule has 0 radical (unpaired) electrons. The number of rotatable bonds is 6. The molecule has 0 fully saturated rings. The van der Waals surface area contributed by atoms with E-state index in [-0.39, 0.29) is 12.5 Å². The highest BCUT2D eigenvalue weighted by Crippen LogP contribution is 2.33. The molecule has 1 aromatic carbocycles. The van der Waals surface area contributed by atoms with Gasteiger partial charge in [0.2, 0.25) is 5.95 Å². The third kappa shape index (κ3) is 4.71. The molecule has 0 aliphatic rings. The summed E-state index contributed by atoms with van der Waals surface area (Å²) in [6, 6.07) is 8.78. The standard InChI is InChI=1S/C21H17ClF3N7/c22-15-4-2-1-3-13(15)18-14(19-27-7-8-28-19)10-30-20(32-18)31-11-16(26)17-6-5-12(9-29-17)21(23,24)25/h1-10,16H,11,26H2,(H,27,28)(H,30,31,32). The fourth-order valence-electron chi connectivity index (χ4n) is 3.01. The maximum absolute atomic E-state index is 12.7. The van der Waals surface area contributed by atoms with Crippen molar-refractivity contribution in [3.05, 3.63) is 77.5 Å². The Morgan fingerprint density at radius 2 is 1.84 bits per heavy atom. The van der Waals surface area contributed by atoms with Crippen molar-refractivity contribution < 1.29 is 13.2 Å². The molecule has 0 saturated carbocycles. The summed E-state index contributed by atoms with van der Waals surface area (Å²) in [6.07, 6.45) is 1.22. The molecule has 4 aromatic rings. The molecule has 0 saturated heterocycles. The second-order valence-corrected chi connectivity index (χ2v) is 7.24. The van der Waals surface area contributed by atoms with Crippen LogP contribution in [-0.4, -0.2) is 31.5 Å². The van der Waals surface area contributed by atoms with E-state index in [2.05, 4.69) is 30.2 Å². The highest BCUT2D eigenvalue weighted by molar-refractivity contribution is 6.33. The summed E-state index contributed by atoms with van der Waals surface area (Å²) in [5, 5.41) is 3.52. The quantitative estimate of drug-likeness (QED) is 0.385. The van der Waals surface area contributed by atoms with Crippen LogP contribution < -0.4 is 11.1 Å². The number of benzene rings is 1. The second-order valence-electron chi connectivity index (χ2n) is 6.83.